The molecule has 1 aromatic rings. The average Bonchev–Trinajstić information content (AvgIpc) is 2.15. The summed E-state index contributed by atoms with van der Waals surface area (Å²) in [6, 6.07) is 6.38. The molecule has 0 aliphatic rings. The number of nitro benzene ring substituents is 1. The molecule has 4 heteroatoms. The van der Waals surface area contributed by atoms with Gasteiger partial charge in [-0.1, -0.05) is 32.9 Å². The van der Waals surface area contributed by atoms with Crippen molar-refractivity contribution in [3.63, 3.8) is 0 Å². The van der Waals surface area contributed by atoms with E-state index in [1.807, 2.05) is 20.8 Å². The SMILES string of the molecule is CC(C)(C)C(Cl)c1ccc([N+](=O)[O-])cc1. The van der Waals surface area contributed by atoms with Crippen molar-refractivity contribution in [2.24, 2.45) is 5.41 Å². The van der Waals surface area contributed by atoms with Gasteiger partial charge >= 0.3 is 0 Å². The number of hydrogen-bond acceptors (Lipinski definition) is 2. The van der Waals surface area contributed by atoms with Gasteiger partial charge in [0.1, 0.15) is 0 Å². The van der Waals surface area contributed by atoms with Crippen molar-refractivity contribution in [3.8, 4) is 0 Å². The number of nitrogens with zero attached hydrogens (tertiary/aromatic N) is 1. The van der Waals surface area contributed by atoms with E-state index in [9.17, 15) is 10.1 Å². The zero-order valence-electron chi connectivity index (χ0n) is 9.03. The summed E-state index contributed by atoms with van der Waals surface area (Å²) in [5.74, 6) is 0. The predicted octanol–water partition coefficient (Wildman–Crippen LogP) is 3.92. The molecular weight excluding hydrogens is 214 g/mol. The van der Waals surface area contributed by atoms with E-state index in [0.717, 1.165) is 5.56 Å². The summed E-state index contributed by atoms with van der Waals surface area (Å²) < 4.78 is 0. The summed E-state index contributed by atoms with van der Waals surface area (Å²) in [7, 11) is 0. The number of halogens is 1. The topological polar surface area (TPSA) is 43.1 Å². The second-order valence-corrected chi connectivity index (χ2v) is 5.01. The summed E-state index contributed by atoms with van der Waals surface area (Å²) in [6.45, 7) is 6.10. The smallest absolute Gasteiger partial charge is 0.258 e. The van der Waals surface area contributed by atoms with E-state index in [-0.39, 0.29) is 16.5 Å². The number of hydrogen-bond donors (Lipinski definition) is 0. The van der Waals surface area contributed by atoms with Crippen molar-refractivity contribution >= 4 is 17.3 Å². The fourth-order valence-corrected chi connectivity index (χ4v) is 1.41. The minimum atomic E-state index is -0.413. The Balaban J connectivity index is 2.94. The second kappa shape index (κ2) is 4.19. The molecule has 0 N–H and O–H groups in total. The average molecular weight is 228 g/mol. The normalized spacial score (nSPS) is 13.6. The van der Waals surface area contributed by atoms with Gasteiger partial charge in [-0.2, -0.15) is 0 Å². The first kappa shape index (κ1) is 12.0. The van der Waals surface area contributed by atoms with Crippen molar-refractivity contribution in [3.05, 3.63) is 39.9 Å². The maximum atomic E-state index is 10.5. The molecule has 0 aliphatic carbocycles. The van der Waals surface area contributed by atoms with Crippen LogP contribution in [0.1, 0.15) is 31.7 Å². The number of benzene rings is 1. The highest BCUT2D eigenvalue weighted by Gasteiger charge is 2.24. The quantitative estimate of drug-likeness (QED) is 0.437. The molecule has 0 fully saturated rings. The maximum absolute atomic E-state index is 10.5. The third kappa shape index (κ3) is 2.93. The van der Waals surface area contributed by atoms with E-state index in [0.29, 0.717) is 0 Å². The summed E-state index contributed by atoms with van der Waals surface area (Å²) in [6.07, 6.45) is 0. The van der Waals surface area contributed by atoms with Crippen molar-refractivity contribution in [1.29, 1.82) is 0 Å². The fraction of sp³-hybridized carbons (Fsp3) is 0.455. The van der Waals surface area contributed by atoms with Crippen LogP contribution in [0.25, 0.3) is 0 Å². The fourth-order valence-electron chi connectivity index (χ4n) is 1.27. The second-order valence-electron chi connectivity index (χ2n) is 4.58. The molecule has 0 heterocycles. The lowest BCUT2D eigenvalue weighted by atomic mass is 9.87. The van der Waals surface area contributed by atoms with Crippen LogP contribution in [0.3, 0.4) is 0 Å². The van der Waals surface area contributed by atoms with Crippen LogP contribution in [0, 0.1) is 15.5 Å². The van der Waals surface area contributed by atoms with E-state index in [2.05, 4.69) is 0 Å². The van der Waals surface area contributed by atoms with Crippen LogP contribution in [0.4, 0.5) is 5.69 Å². The summed E-state index contributed by atoms with van der Waals surface area (Å²) in [4.78, 5) is 10.0. The van der Waals surface area contributed by atoms with Gasteiger partial charge < -0.3 is 0 Å². The minimum Gasteiger partial charge on any atom is -0.258 e. The molecule has 0 saturated carbocycles. The molecule has 0 amide bonds. The Morgan fingerprint density at radius 3 is 2.07 bits per heavy atom. The first-order valence-electron chi connectivity index (χ1n) is 4.71. The Morgan fingerprint density at radius 2 is 1.73 bits per heavy atom. The molecule has 0 bridgehead atoms. The summed E-state index contributed by atoms with van der Waals surface area (Å²) in [5, 5.41) is 10.3. The Bertz CT molecular complexity index is 354. The molecule has 3 nitrogen and oxygen atoms in total. The summed E-state index contributed by atoms with van der Waals surface area (Å²) in [5.41, 5.74) is 0.948. The van der Waals surface area contributed by atoms with Gasteiger partial charge in [-0.25, -0.2) is 0 Å². The van der Waals surface area contributed by atoms with E-state index in [1.165, 1.54) is 12.1 Å². The molecule has 0 aliphatic heterocycles. The monoisotopic (exact) mass is 227 g/mol. The maximum Gasteiger partial charge on any atom is 0.269 e. The van der Waals surface area contributed by atoms with Crippen LogP contribution in [-0.4, -0.2) is 4.92 Å². The number of nitro groups is 1. The Morgan fingerprint density at radius 1 is 1.27 bits per heavy atom. The van der Waals surface area contributed by atoms with Gasteiger partial charge in [0.2, 0.25) is 0 Å². The van der Waals surface area contributed by atoms with Gasteiger partial charge in [0.15, 0.2) is 0 Å². The van der Waals surface area contributed by atoms with Crippen LogP contribution >= 0.6 is 11.6 Å². The molecule has 0 radical (unpaired) electrons. The number of non-ortho nitro benzene ring substituents is 1. The van der Waals surface area contributed by atoms with Gasteiger partial charge in [0.25, 0.3) is 5.69 Å². The predicted molar refractivity (Wildman–Crippen MR) is 61.1 cm³/mol. The molecule has 0 aromatic heterocycles. The van der Waals surface area contributed by atoms with Gasteiger partial charge in [-0.05, 0) is 11.0 Å². The Labute approximate surface area is 94.2 Å². The molecule has 0 saturated heterocycles. The summed E-state index contributed by atoms with van der Waals surface area (Å²) >= 11 is 6.24. The van der Waals surface area contributed by atoms with Crippen LogP contribution in [-0.2, 0) is 0 Å². The molecule has 82 valence electrons. The Kier molecular flexibility index (Phi) is 3.35. The van der Waals surface area contributed by atoms with Gasteiger partial charge in [0.05, 0.1) is 10.3 Å². The third-order valence-electron chi connectivity index (χ3n) is 2.16. The van der Waals surface area contributed by atoms with Crippen LogP contribution < -0.4 is 0 Å². The highest BCUT2D eigenvalue weighted by atomic mass is 35.5. The van der Waals surface area contributed by atoms with Crippen LogP contribution in [0.2, 0.25) is 0 Å². The van der Waals surface area contributed by atoms with Gasteiger partial charge in [0, 0.05) is 12.1 Å². The van der Waals surface area contributed by atoms with E-state index < -0.39 is 4.92 Å². The first-order valence-corrected chi connectivity index (χ1v) is 5.14. The molecule has 1 rings (SSSR count). The van der Waals surface area contributed by atoms with Crippen molar-refractivity contribution in [2.75, 3.05) is 0 Å². The molecule has 1 aromatic carbocycles. The molecule has 0 spiro atoms. The zero-order chi connectivity index (χ0) is 11.6. The van der Waals surface area contributed by atoms with E-state index in [1.54, 1.807) is 12.1 Å². The molecule has 15 heavy (non-hydrogen) atoms. The van der Waals surface area contributed by atoms with E-state index >= 15 is 0 Å². The van der Waals surface area contributed by atoms with E-state index in [4.69, 9.17) is 11.6 Å². The lowest BCUT2D eigenvalue weighted by Crippen LogP contribution is -2.13. The van der Waals surface area contributed by atoms with Crippen molar-refractivity contribution < 1.29 is 4.92 Å². The first-order chi connectivity index (χ1) is 6.82. The molecular formula is C11H14ClNO2. The molecule has 1 atom stereocenters. The van der Waals surface area contributed by atoms with Crippen LogP contribution in [0.5, 0.6) is 0 Å². The Hall–Kier alpha value is -1.09. The van der Waals surface area contributed by atoms with Crippen LogP contribution in [0.15, 0.2) is 24.3 Å². The van der Waals surface area contributed by atoms with Gasteiger partial charge in [-0.15, -0.1) is 11.6 Å². The highest BCUT2D eigenvalue weighted by molar-refractivity contribution is 6.21. The van der Waals surface area contributed by atoms with Gasteiger partial charge in [-0.3, -0.25) is 10.1 Å². The lowest BCUT2D eigenvalue weighted by molar-refractivity contribution is -0.384. The highest BCUT2D eigenvalue weighted by Crippen LogP contribution is 2.38. The largest absolute Gasteiger partial charge is 0.269 e. The minimum absolute atomic E-state index is 0.0578. The standard InChI is InChI=1S/C11H14ClNO2/c1-11(2,3)10(12)8-4-6-9(7-5-8)13(14)15/h4-7,10H,1-3H3. The zero-order valence-corrected chi connectivity index (χ0v) is 9.78. The lowest BCUT2D eigenvalue weighted by Gasteiger charge is -2.25. The number of alkyl halides is 1. The van der Waals surface area contributed by atoms with Crippen molar-refractivity contribution in [2.45, 2.75) is 26.1 Å². The third-order valence-corrected chi connectivity index (χ3v) is 3.06. The van der Waals surface area contributed by atoms with Crippen molar-refractivity contribution in [1.82, 2.24) is 0 Å². The number of rotatable bonds is 2. The molecule has 1 unspecified atom stereocenters.